The molecular weight excluding hydrogens is 164 g/mol. The number of carbonyl (C=O) groups is 1. The van der Waals surface area contributed by atoms with E-state index in [0.717, 1.165) is 11.5 Å². The molecule has 2 N–H and O–H groups in total. The molecule has 6 heteroatoms. The zero-order valence-electron chi connectivity index (χ0n) is 6.21. The van der Waals surface area contributed by atoms with Crippen LogP contribution >= 0.6 is 11.5 Å². The maximum absolute atomic E-state index is 11.0. The lowest BCUT2D eigenvalue weighted by Crippen LogP contribution is -2.19. The van der Waals surface area contributed by atoms with Gasteiger partial charge in [-0.25, -0.2) is 0 Å². The molecule has 0 aliphatic rings. The van der Waals surface area contributed by atoms with Crippen molar-refractivity contribution in [2.24, 2.45) is 0 Å². The molecule has 0 aromatic carbocycles. The summed E-state index contributed by atoms with van der Waals surface area (Å²) in [5, 5.41) is 9.63. The van der Waals surface area contributed by atoms with Crippen LogP contribution in [-0.4, -0.2) is 29.6 Å². The summed E-state index contributed by atoms with van der Waals surface area (Å²) in [5.41, 5.74) is 0.347. The molecule has 0 aliphatic carbocycles. The molecule has 60 valence electrons. The van der Waals surface area contributed by atoms with Crippen LogP contribution in [0.4, 0.5) is 5.00 Å². The Balaban J connectivity index is 2.92. The lowest BCUT2D eigenvalue weighted by Gasteiger charge is -1.96. The Kier molecular flexibility index (Phi) is 2.37. The summed E-state index contributed by atoms with van der Waals surface area (Å²) in [6.45, 7) is 0. The van der Waals surface area contributed by atoms with E-state index < -0.39 is 0 Å². The van der Waals surface area contributed by atoms with Gasteiger partial charge in [0.05, 0.1) is 0 Å². The molecule has 1 amide bonds. The summed E-state index contributed by atoms with van der Waals surface area (Å²) >= 11 is 1.16. The molecule has 11 heavy (non-hydrogen) atoms. The average molecular weight is 172 g/mol. The van der Waals surface area contributed by atoms with Crippen molar-refractivity contribution >= 4 is 22.4 Å². The third kappa shape index (κ3) is 1.45. The van der Waals surface area contributed by atoms with E-state index in [9.17, 15) is 4.79 Å². The zero-order chi connectivity index (χ0) is 8.27. The number of carbonyl (C=O) groups excluding carboxylic acids is 1. The van der Waals surface area contributed by atoms with Crippen LogP contribution in [0.2, 0.25) is 0 Å². The Morgan fingerprint density at radius 1 is 1.55 bits per heavy atom. The predicted molar refractivity (Wildman–Crippen MR) is 42.8 cm³/mol. The van der Waals surface area contributed by atoms with Crippen LogP contribution in [0.5, 0.6) is 0 Å². The van der Waals surface area contributed by atoms with Crippen LogP contribution in [0.3, 0.4) is 0 Å². The van der Waals surface area contributed by atoms with E-state index in [-0.39, 0.29) is 5.91 Å². The lowest BCUT2D eigenvalue weighted by molar-refractivity contribution is 0.0959. The summed E-state index contributed by atoms with van der Waals surface area (Å²) in [6, 6.07) is 0. The molecule has 0 spiro atoms. The zero-order valence-corrected chi connectivity index (χ0v) is 7.03. The first-order valence-corrected chi connectivity index (χ1v) is 3.79. The molecule has 1 heterocycles. The van der Waals surface area contributed by atoms with Crippen LogP contribution in [-0.2, 0) is 0 Å². The first-order chi connectivity index (χ1) is 5.29. The summed E-state index contributed by atoms with van der Waals surface area (Å²) < 4.78 is 3.63. The molecule has 1 aromatic heterocycles. The van der Waals surface area contributed by atoms with Gasteiger partial charge in [0.15, 0.2) is 5.69 Å². The van der Waals surface area contributed by atoms with E-state index >= 15 is 0 Å². The minimum Gasteiger partial charge on any atom is -0.377 e. The smallest absolute Gasteiger partial charge is 0.274 e. The molecule has 0 saturated heterocycles. The Hall–Kier alpha value is -1.17. The van der Waals surface area contributed by atoms with Crippen molar-refractivity contribution in [3.8, 4) is 0 Å². The molecule has 0 aliphatic heterocycles. The molecule has 0 atom stereocenters. The van der Waals surface area contributed by atoms with Crippen molar-refractivity contribution in [3.05, 3.63) is 5.69 Å². The standard InChI is InChI=1S/C5H8N4OS/c1-6-4(10)3-5(7-2)11-9-8-3/h7H,1-2H3,(H,6,10). The second-order valence-electron chi connectivity index (χ2n) is 1.78. The number of hydrogen-bond acceptors (Lipinski definition) is 5. The largest absolute Gasteiger partial charge is 0.377 e. The number of nitrogens with zero attached hydrogens (tertiary/aromatic N) is 2. The van der Waals surface area contributed by atoms with E-state index in [0.29, 0.717) is 10.7 Å². The van der Waals surface area contributed by atoms with Gasteiger partial charge in [0.1, 0.15) is 5.00 Å². The molecule has 1 aromatic rings. The fourth-order valence-electron chi connectivity index (χ4n) is 0.622. The minimum atomic E-state index is -0.219. The van der Waals surface area contributed by atoms with Crippen LogP contribution in [0.1, 0.15) is 10.5 Å². The lowest BCUT2D eigenvalue weighted by atomic mass is 10.4. The number of hydrogen-bond donors (Lipinski definition) is 2. The third-order valence-corrected chi connectivity index (χ3v) is 1.90. The van der Waals surface area contributed by atoms with Gasteiger partial charge in [-0.1, -0.05) is 4.49 Å². The van der Waals surface area contributed by atoms with Crippen molar-refractivity contribution in [1.29, 1.82) is 0 Å². The summed E-state index contributed by atoms with van der Waals surface area (Å²) in [6.07, 6.45) is 0. The Bertz CT molecular complexity index is 259. The summed E-state index contributed by atoms with van der Waals surface area (Å²) in [5.74, 6) is -0.219. The average Bonchev–Trinajstić information content (AvgIpc) is 2.50. The number of aromatic nitrogens is 2. The molecule has 0 bridgehead atoms. The highest BCUT2D eigenvalue weighted by molar-refractivity contribution is 7.10. The van der Waals surface area contributed by atoms with E-state index in [1.807, 2.05) is 0 Å². The van der Waals surface area contributed by atoms with Gasteiger partial charge in [-0.2, -0.15) is 0 Å². The van der Waals surface area contributed by atoms with Gasteiger partial charge < -0.3 is 10.6 Å². The van der Waals surface area contributed by atoms with Gasteiger partial charge >= 0.3 is 0 Å². The molecule has 0 saturated carbocycles. The monoisotopic (exact) mass is 172 g/mol. The molecule has 0 fully saturated rings. The number of amides is 1. The van der Waals surface area contributed by atoms with Gasteiger partial charge in [0.2, 0.25) is 0 Å². The van der Waals surface area contributed by atoms with Gasteiger partial charge in [-0.3, -0.25) is 4.79 Å². The second kappa shape index (κ2) is 3.29. The van der Waals surface area contributed by atoms with E-state index in [1.165, 1.54) is 0 Å². The van der Waals surface area contributed by atoms with Crippen molar-refractivity contribution in [2.45, 2.75) is 0 Å². The number of anilines is 1. The Morgan fingerprint density at radius 2 is 2.27 bits per heavy atom. The first kappa shape index (κ1) is 7.93. The molecule has 0 radical (unpaired) electrons. The first-order valence-electron chi connectivity index (χ1n) is 3.01. The summed E-state index contributed by atoms with van der Waals surface area (Å²) in [4.78, 5) is 11.0. The highest BCUT2D eigenvalue weighted by Gasteiger charge is 2.12. The van der Waals surface area contributed by atoms with Crippen molar-refractivity contribution in [3.63, 3.8) is 0 Å². The van der Waals surface area contributed by atoms with E-state index in [4.69, 9.17) is 0 Å². The Labute approximate surface area is 68.0 Å². The quantitative estimate of drug-likeness (QED) is 0.655. The van der Waals surface area contributed by atoms with E-state index in [2.05, 4.69) is 20.2 Å². The maximum Gasteiger partial charge on any atom is 0.274 e. The maximum atomic E-state index is 11.0. The predicted octanol–water partition coefficient (Wildman–Crippen LogP) is -0.0606. The minimum absolute atomic E-state index is 0.219. The molecular formula is C5H8N4OS. The number of nitrogens with one attached hydrogen (secondary N) is 2. The van der Waals surface area contributed by atoms with Crippen LogP contribution in [0.15, 0.2) is 0 Å². The highest BCUT2D eigenvalue weighted by Crippen LogP contribution is 2.15. The van der Waals surface area contributed by atoms with Crippen molar-refractivity contribution in [1.82, 2.24) is 14.9 Å². The Morgan fingerprint density at radius 3 is 2.82 bits per heavy atom. The topological polar surface area (TPSA) is 66.9 Å². The van der Waals surface area contributed by atoms with Gasteiger partial charge in [0, 0.05) is 25.6 Å². The van der Waals surface area contributed by atoms with Crippen LogP contribution in [0, 0.1) is 0 Å². The van der Waals surface area contributed by atoms with Gasteiger partial charge in [-0.15, -0.1) is 5.10 Å². The third-order valence-electron chi connectivity index (χ3n) is 1.16. The van der Waals surface area contributed by atoms with Gasteiger partial charge in [0.25, 0.3) is 5.91 Å². The molecule has 0 unspecified atom stereocenters. The van der Waals surface area contributed by atoms with Crippen molar-refractivity contribution in [2.75, 3.05) is 19.4 Å². The van der Waals surface area contributed by atoms with E-state index in [1.54, 1.807) is 14.1 Å². The van der Waals surface area contributed by atoms with Crippen LogP contribution < -0.4 is 10.6 Å². The fourth-order valence-corrected chi connectivity index (χ4v) is 1.14. The molecule has 1 rings (SSSR count). The van der Waals surface area contributed by atoms with Crippen molar-refractivity contribution < 1.29 is 4.79 Å². The fraction of sp³-hybridized carbons (Fsp3) is 0.400. The molecule has 5 nitrogen and oxygen atoms in total. The summed E-state index contributed by atoms with van der Waals surface area (Å²) in [7, 11) is 3.28. The van der Waals surface area contributed by atoms with Gasteiger partial charge in [-0.05, 0) is 0 Å². The van der Waals surface area contributed by atoms with Crippen LogP contribution in [0.25, 0.3) is 0 Å². The second-order valence-corrected chi connectivity index (χ2v) is 2.53. The highest BCUT2D eigenvalue weighted by atomic mass is 32.1. The SMILES string of the molecule is CNC(=O)c1nnsc1NC. The number of rotatable bonds is 2. The normalized spacial score (nSPS) is 9.27.